The first kappa shape index (κ1) is 15.6. The number of alkyl carbamates (subject to hydrolysis) is 1. The highest BCUT2D eigenvalue weighted by atomic mass is 19.1. The Morgan fingerprint density at radius 3 is 2.90 bits per heavy atom. The van der Waals surface area contributed by atoms with Gasteiger partial charge >= 0.3 is 6.09 Å². The minimum Gasteiger partial charge on any atom is -0.453 e. The van der Waals surface area contributed by atoms with Crippen LogP contribution in [0.5, 0.6) is 0 Å². The predicted molar refractivity (Wildman–Crippen MR) is 77.9 cm³/mol. The zero-order valence-corrected chi connectivity index (χ0v) is 12.5. The van der Waals surface area contributed by atoms with Crippen molar-refractivity contribution in [2.75, 3.05) is 25.1 Å². The number of methoxy groups -OCH3 is 1. The first-order valence-electron chi connectivity index (χ1n) is 7.00. The Bertz CT molecular complexity index is 534. The summed E-state index contributed by atoms with van der Waals surface area (Å²) in [5.74, 6) is -0.321. The molecule has 1 heterocycles. The highest BCUT2D eigenvalue weighted by molar-refractivity contribution is 5.68. The monoisotopic (exact) mass is 296 g/mol. The lowest BCUT2D eigenvalue weighted by molar-refractivity contribution is 0.167. The Balaban J connectivity index is 2.19. The molecule has 1 aromatic rings. The fraction of sp³-hybridized carbons (Fsp3) is 0.533. The minimum absolute atomic E-state index is 0.00958. The number of hydrogen-bond donors (Lipinski definition) is 2. The number of carbonyl (C=O) groups is 1. The van der Waals surface area contributed by atoms with E-state index in [2.05, 4.69) is 15.0 Å². The van der Waals surface area contributed by atoms with Crippen LogP contribution in [0.15, 0.2) is 12.1 Å². The Hall–Kier alpha value is -1.82. The van der Waals surface area contributed by atoms with Gasteiger partial charge in [0.25, 0.3) is 0 Å². The van der Waals surface area contributed by atoms with Crippen molar-refractivity contribution in [3.8, 4) is 0 Å². The molecule has 21 heavy (non-hydrogen) atoms. The number of nitrogens with zero attached hydrogens (tertiary/aromatic N) is 1. The van der Waals surface area contributed by atoms with Gasteiger partial charge in [-0.3, -0.25) is 0 Å². The van der Waals surface area contributed by atoms with Crippen LogP contribution in [-0.4, -0.2) is 37.4 Å². The third-order valence-corrected chi connectivity index (χ3v) is 3.79. The maximum atomic E-state index is 13.7. The van der Waals surface area contributed by atoms with Crippen molar-refractivity contribution in [2.45, 2.75) is 32.4 Å². The van der Waals surface area contributed by atoms with Crippen molar-refractivity contribution >= 4 is 11.8 Å². The summed E-state index contributed by atoms with van der Waals surface area (Å²) in [7, 11) is 1.33. The van der Waals surface area contributed by atoms with Crippen LogP contribution in [0.4, 0.5) is 14.9 Å². The van der Waals surface area contributed by atoms with Crippen LogP contribution < -0.4 is 10.2 Å². The van der Waals surface area contributed by atoms with Crippen molar-refractivity contribution in [1.29, 1.82) is 0 Å². The van der Waals surface area contributed by atoms with Gasteiger partial charge in [0.15, 0.2) is 0 Å². The van der Waals surface area contributed by atoms with Gasteiger partial charge in [-0.25, -0.2) is 9.18 Å². The Morgan fingerprint density at radius 2 is 2.29 bits per heavy atom. The second kappa shape index (κ2) is 6.30. The number of aliphatic hydroxyl groups is 1. The van der Waals surface area contributed by atoms with Gasteiger partial charge in [0.2, 0.25) is 0 Å². The quantitative estimate of drug-likeness (QED) is 0.897. The van der Waals surface area contributed by atoms with Gasteiger partial charge < -0.3 is 20.1 Å². The van der Waals surface area contributed by atoms with Crippen LogP contribution in [0.2, 0.25) is 0 Å². The van der Waals surface area contributed by atoms with Crippen LogP contribution in [0.25, 0.3) is 0 Å². The molecule has 0 aliphatic carbocycles. The summed E-state index contributed by atoms with van der Waals surface area (Å²) >= 11 is 0. The van der Waals surface area contributed by atoms with E-state index in [1.807, 2.05) is 0 Å². The predicted octanol–water partition coefficient (Wildman–Crippen LogP) is 2.12. The summed E-state index contributed by atoms with van der Waals surface area (Å²) < 4.78 is 18.3. The molecule has 1 amide bonds. The van der Waals surface area contributed by atoms with Crippen LogP contribution in [0.3, 0.4) is 0 Å². The lowest BCUT2D eigenvalue weighted by Crippen LogP contribution is -2.37. The van der Waals surface area contributed by atoms with E-state index in [-0.39, 0.29) is 11.9 Å². The molecule has 1 saturated heterocycles. The molecular formula is C15H21FN2O3. The molecule has 6 heteroatoms. The number of amides is 1. The number of carbonyl (C=O) groups excluding carboxylic acids is 1. The first-order chi connectivity index (χ1) is 9.92. The summed E-state index contributed by atoms with van der Waals surface area (Å²) in [5, 5.41) is 12.6. The average Bonchev–Trinajstić information content (AvgIpc) is 2.89. The lowest BCUT2D eigenvalue weighted by Gasteiger charge is -2.24. The molecular weight excluding hydrogens is 275 g/mol. The molecule has 0 saturated carbocycles. The van der Waals surface area contributed by atoms with Crippen LogP contribution >= 0.6 is 0 Å². The SMILES string of the molecule is COC(=O)NC1CCN(c2cc(C)c(F)cc2[C@@H](C)O)C1. The van der Waals surface area contributed by atoms with Gasteiger partial charge in [0, 0.05) is 24.3 Å². The number of ether oxygens (including phenoxy) is 1. The molecule has 1 aromatic carbocycles. The van der Waals surface area contributed by atoms with E-state index in [4.69, 9.17) is 0 Å². The van der Waals surface area contributed by atoms with E-state index in [1.54, 1.807) is 19.9 Å². The second-order valence-electron chi connectivity index (χ2n) is 5.40. The van der Waals surface area contributed by atoms with E-state index in [1.165, 1.54) is 13.2 Å². The maximum Gasteiger partial charge on any atom is 0.407 e. The zero-order valence-electron chi connectivity index (χ0n) is 12.5. The standard InChI is InChI=1S/C15H21FN2O3/c1-9-6-14(12(10(2)19)7-13(9)16)18-5-4-11(8-18)17-15(20)21-3/h6-7,10-11,19H,4-5,8H2,1-3H3,(H,17,20)/t10-,11?/m1/s1. The maximum absolute atomic E-state index is 13.7. The van der Waals surface area contributed by atoms with E-state index in [0.29, 0.717) is 17.7 Å². The van der Waals surface area contributed by atoms with Crippen molar-refractivity contribution in [3.63, 3.8) is 0 Å². The molecule has 1 aliphatic rings. The van der Waals surface area contributed by atoms with E-state index >= 15 is 0 Å². The van der Waals surface area contributed by atoms with Crippen LogP contribution in [-0.2, 0) is 4.74 Å². The number of halogens is 1. The molecule has 0 bridgehead atoms. The largest absolute Gasteiger partial charge is 0.453 e. The fourth-order valence-electron chi connectivity index (χ4n) is 2.61. The number of rotatable bonds is 3. The van der Waals surface area contributed by atoms with Gasteiger partial charge in [-0.05, 0) is 38.0 Å². The number of anilines is 1. The van der Waals surface area contributed by atoms with Gasteiger partial charge in [0.1, 0.15) is 5.82 Å². The molecule has 116 valence electrons. The van der Waals surface area contributed by atoms with Gasteiger partial charge in [-0.2, -0.15) is 0 Å². The molecule has 1 aliphatic heterocycles. The molecule has 0 aromatic heterocycles. The second-order valence-corrected chi connectivity index (χ2v) is 5.40. The third kappa shape index (κ3) is 3.44. The average molecular weight is 296 g/mol. The molecule has 5 nitrogen and oxygen atoms in total. The molecule has 0 spiro atoms. The first-order valence-corrected chi connectivity index (χ1v) is 7.00. The molecule has 1 unspecified atom stereocenters. The van der Waals surface area contributed by atoms with E-state index in [9.17, 15) is 14.3 Å². The molecule has 2 N–H and O–H groups in total. The van der Waals surface area contributed by atoms with Crippen molar-refractivity contribution in [3.05, 3.63) is 29.1 Å². The number of nitrogens with one attached hydrogen (secondary N) is 1. The normalized spacial score (nSPS) is 19.5. The number of hydrogen-bond acceptors (Lipinski definition) is 4. The Labute approximate surface area is 123 Å². The van der Waals surface area contributed by atoms with Crippen molar-refractivity contribution < 1.29 is 19.0 Å². The Morgan fingerprint density at radius 1 is 1.57 bits per heavy atom. The van der Waals surface area contributed by atoms with Gasteiger partial charge in [-0.15, -0.1) is 0 Å². The summed E-state index contributed by atoms with van der Waals surface area (Å²) in [4.78, 5) is 13.3. The molecule has 0 radical (unpaired) electrons. The number of aliphatic hydroxyl groups excluding tert-OH is 1. The van der Waals surface area contributed by atoms with E-state index in [0.717, 1.165) is 18.7 Å². The zero-order chi connectivity index (χ0) is 15.6. The summed E-state index contributed by atoms with van der Waals surface area (Å²) in [6.45, 7) is 4.66. The van der Waals surface area contributed by atoms with Crippen molar-refractivity contribution in [2.24, 2.45) is 0 Å². The fourth-order valence-corrected chi connectivity index (χ4v) is 2.61. The smallest absolute Gasteiger partial charge is 0.407 e. The molecule has 2 rings (SSSR count). The summed E-state index contributed by atoms with van der Waals surface area (Å²) in [6.07, 6.45) is -0.416. The summed E-state index contributed by atoms with van der Waals surface area (Å²) in [6, 6.07) is 3.12. The highest BCUT2D eigenvalue weighted by Gasteiger charge is 2.27. The Kier molecular flexibility index (Phi) is 4.67. The molecule has 2 atom stereocenters. The van der Waals surface area contributed by atoms with Crippen molar-refractivity contribution in [1.82, 2.24) is 5.32 Å². The topological polar surface area (TPSA) is 61.8 Å². The van der Waals surface area contributed by atoms with Gasteiger partial charge in [0.05, 0.1) is 19.3 Å². The lowest BCUT2D eigenvalue weighted by atomic mass is 10.0. The third-order valence-electron chi connectivity index (χ3n) is 3.79. The van der Waals surface area contributed by atoms with Crippen LogP contribution in [0.1, 0.15) is 30.6 Å². The number of benzene rings is 1. The minimum atomic E-state index is -0.747. The summed E-state index contributed by atoms with van der Waals surface area (Å²) in [5.41, 5.74) is 1.92. The molecule has 1 fully saturated rings. The van der Waals surface area contributed by atoms with E-state index < -0.39 is 12.2 Å². The highest BCUT2D eigenvalue weighted by Crippen LogP contribution is 2.31. The van der Waals surface area contributed by atoms with Gasteiger partial charge in [-0.1, -0.05) is 0 Å². The number of aryl methyl sites for hydroxylation is 1. The van der Waals surface area contributed by atoms with Crippen LogP contribution in [0, 0.1) is 12.7 Å².